The van der Waals surface area contributed by atoms with Crippen LogP contribution in [0.2, 0.25) is 0 Å². The molecule has 2 fully saturated rings. The first-order valence-corrected chi connectivity index (χ1v) is 10.1. The van der Waals surface area contributed by atoms with Gasteiger partial charge in [-0.15, -0.1) is 10.2 Å². The van der Waals surface area contributed by atoms with Gasteiger partial charge in [0, 0.05) is 12.2 Å². The Bertz CT molecular complexity index is 963. The van der Waals surface area contributed by atoms with Crippen LogP contribution in [0, 0.1) is 0 Å². The smallest absolute Gasteiger partial charge is 0.233 e. The summed E-state index contributed by atoms with van der Waals surface area (Å²) < 4.78 is 2.03. The van der Waals surface area contributed by atoms with Crippen LogP contribution in [0.25, 0.3) is 5.69 Å². The van der Waals surface area contributed by atoms with Gasteiger partial charge < -0.3 is 4.90 Å². The van der Waals surface area contributed by atoms with Crippen molar-refractivity contribution in [3.63, 3.8) is 0 Å². The van der Waals surface area contributed by atoms with Crippen molar-refractivity contribution >= 4 is 5.91 Å². The number of aromatic nitrogens is 3. The molecule has 142 valence electrons. The third-order valence-corrected chi connectivity index (χ3v) is 6.16. The molecule has 1 aliphatic heterocycles. The molecule has 0 spiro atoms. The van der Waals surface area contributed by atoms with Crippen LogP contribution >= 0.6 is 0 Å². The van der Waals surface area contributed by atoms with E-state index in [9.17, 15) is 4.79 Å². The Hall–Kier alpha value is -2.95. The summed E-state index contributed by atoms with van der Waals surface area (Å²) in [4.78, 5) is 15.8. The molecule has 5 nitrogen and oxygen atoms in total. The molecule has 0 radical (unpaired) electrons. The summed E-state index contributed by atoms with van der Waals surface area (Å²) in [6, 6.07) is 20.4. The zero-order chi connectivity index (χ0) is 19.0. The Kier molecular flexibility index (Phi) is 4.23. The Morgan fingerprint density at radius 1 is 0.964 bits per heavy atom. The molecule has 28 heavy (non-hydrogen) atoms. The maximum atomic E-state index is 13.7. The number of carbonyl (C=O) groups is 1. The molecule has 5 rings (SSSR count). The average molecular weight is 372 g/mol. The molecule has 1 aromatic heterocycles. The third kappa shape index (κ3) is 2.82. The van der Waals surface area contributed by atoms with Gasteiger partial charge in [0.1, 0.15) is 6.33 Å². The van der Waals surface area contributed by atoms with Crippen LogP contribution in [0.5, 0.6) is 0 Å². The van der Waals surface area contributed by atoms with Crippen LogP contribution in [0.3, 0.4) is 0 Å². The fourth-order valence-corrected chi connectivity index (χ4v) is 4.48. The van der Waals surface area contributed by atoms with Crippen LogP contribution in [0.15, 0.2) is 67.0 Å². The molecule has 1 atom stereocenters. The maximum absolute atomic E-state index is 13.7. The van der Waals surface area contributed by atoms with Gasteiger partial charge in [-0.05, 0) is 49.8 Å². The number of rotatable bonds is 4. The lowest BCUT2D eigenvalue weighted by molar-refractivity contribution is -0.138. The van der Waals surface area contributed by atoms with Crippen molar-refractivity contribution in [3.8, 4) is 5.69 Å². The molecular formula is C23H24N4O. The molecule has 2 aliphatic rings. The molecule has 1 aliphatic carbocycles. The summed E-state index contributed by atoms with van der Waals surface area (Å²) in [5.74, 6) is 1.12. The van der Waals surface area contributed by atoms with E-state index in [0.717, 1.165) is 55.7 Å². The lowest BCUT2D eigenvalue weighted by Crippen LogP contribution is -2.45. The summed E-state index contributed by atoms with van der Waals surface area (Å²) in [6.07, 6.45) is 6.71. The Labute approximate surface area is 165 Å². The van der Waals surface area contributed by atoms with Crippen molar-refractivity contribution in [2.75, 3.05) is 6.54 Å². The van der Waals surface area contributed by atoms with Gasteiger partial charge in [-0.1, -0.05) is 48.5 Å². The lowest BCUT2D eigenvalue weighted by atomic mass is 9.91. The minimum atomic E-state index is -0.339. The van der Waals surface area contributed by atoms with Gasteiger partial charge in [-0.2, -0.15) is 0 Å². The number of para-hydroxylation sites is 1. The minimum absolute atomic E-state index is 0.0230. The number of likely N-dealkylation sites (tertiary alicyclic amines) is 1. The molecule has 0 N–H and O–H groups in total. The second-order valence-electron chi connectivity index (χ2n) is 7.85. The van der Waals surface area contributed by atoms with E-state index in [1.54, 1.807) is 6.33 Å². The first kappa shape index (κ1) is 17.2. The van der Waals surface area contributed by atoms with E-state index < -0.39 is 0 Å². The largest absolute Gasteiger partial charge is 0.332 e. The number of amides is 1. The highest BCUT2D eigenvalue weighted by molar-refractivity contribution is 5.91. The summed E-state index contributed by atoms with van der Waals surface area (Å²) in [6.45, 7) is 0.791. The van der Waals surface area contributed by atoms with E-state index in [-0.39, 0.29) is 17.4 Å². The highest BCUT2D eigenvalue weighted by atomic mass is 16.2. The Morgan fingerprint density at radius 2 is 1.68 bits per heavy atom. The molecule has 3 aromatic rings. The third-order valence-electron chi connectivity index (χ3n) is 6.16. The predicted octanol–water partition coefficient (Wildman–Crippen LogP) is 4.05. The van der Waals surface area contributed by atoms with Crippen molar-refractivity contribution in [3.05, 3.63) is 78.4 Å². The standard InChI is InChI=1S/C23H24N4O/c28-22(23(14-15-23)18-9-3-1-4-10-18)26-16-8-7-13-20(26)21-25-24-17-27(21)19-11-5-2-6-12-19/h1-6,9-12,17,20H,7-8,13-16H2. The molecule has 1 amide bonds. The van der Waals surface area contributed by atoms with E-state index >= 15 is 0 Å². The number of hydrogen-bond donors (Lipinski definition) is 0. The SMILES string of the molecule is O=C(N1CCCCC1c1nncn1-c1ccccc1)C1(c2ccccc2)CC1. The number of piperidine rings is 1. The first-order chi connectivity index (χ1) is 13.8. The van der Waals surface area contributed by atoms with Crippen LogP contribution < -0.4 is 0 Å². The normalized spacial score (nSPS) is 20.7. The molecule has 5 heteroatoms. The van der Waals surface area contributed by atoms with Gasteiger partial charge in [-0.3, -0.25) is 9.36 Å². The number of hydrogen-bond acceptors (Lipinski definition) is 3. The van der Waals surface area contributed by atoms with Gasteiger partial charge in [0.15, 0.2) is 5.82 Å². The lowest BCUT2D eigenvalue weighted by Gasteiger charge is -2.37. The summed E-state index contributed by atoms with van der Waals surface area (Å²) >= 11 is 0. The van der Waals surface area contributed by atoms with Gasteiger partial charge in [0.2, 0.25) is 5.91 Å². The molecule has 2 aromatic carbocycles. The summed E-state index contributed by atoms with van der Waals surface area (Å²) in [5.41, 5.74) is 1.84. The van der Waals surface area contributed by atoms with E-state index in [0.29, 0.717) is 0 Å². The Balaban J connectivity index is 1.49. The number of nitrogens with zero attached hydrogens (tertiary/aromatic N) is 4. The molecule has 1 saturated carbocycles. The highest BCUT2D eigenvalue weighted by Crippen LogP contribution is 2.51. The van der Waals surface area contributed by atoms with Crippen molar-refractivity contribution in [1.29, 1.82) is 0 Å². The van der Waals surface area contributed by atoms with Crippen molar-refractivity contribution < 1.29 is 4.79 Å². The highest BCUT2D eigenvalue weighted by Gasteiger charge is 2.54. The fourth-order valence-electron chi connectivity index (χ4n) is 4.48. The van der Waals surface area contributed by atoms with E-state index in [1.807, 2.05) is 53.1 Å². The molecule has 1 saturated heterocycles. The quantitative estimate of drug-likeness (QED) is 0.694. The summed E-state index contributed by atoms with van der Waals surface area (Å²) in [7, 11) is 0. The van der Waals surface area contributed by atoms with Gasteiger partial charge in [0.05, 0.1) is 11.5 Å². The molecular weight excluding hydrogens is 348 g/mol. The van der Waals surface area contributed by atoms with Crippen LogP contribution in [0.1, 0.15) is 49.5 Å². The van der Waals surface area contributed by atoms with E-state index in [1.165, 1.54) is 0 Å². The van der Waals surface area contributed by atoms with Gasteiger partial charge in [-0.25, -0.2) is 0 Å². The second-order valence-corrected chi connectivity index (χ2v) is 7.85. The van der Waals surface area contributed by atoms with Crippen molar-refractivity contribution in [1.82, 2.24) is 19.7 Å². The fraction of sp³-hybridized carbons (Fsp3) is 0.348. The van der Waals surface area contributed by atoms with Crippen LogP contribution in [-0.4, -0.2) is 32.1 Å². The minimum Gasteiger partial charge on any atom is -0.332 e. The average Bonchev–Trinajstić information content (AvgIpc) is 3.44. The number of carbonyl (C=O) groups excluding carboxylic acids is 1. The first-order valence-electron chi connectivity index (χ1n) is 10.1. The van der Waals surface area contributed by atoms with Crippen molar-refractivity contribution in [2.24, 2.45) is 0 Å². The second kappa shape index (κ2) is 6.89. The molecule has 0 bridgehead atoms. The number of benzene rings is 2. The zero-order valence-electron chi connectivity index (χ0n) is 15.9. The van der Waals surface area contributed by atoms with Crippen molar-refractivity contribution in [2.45, 2.75) is 43.6 Å². The topological polar surface area (TPSA) is 51.0 Å². The maximum Gasteiger partial charge on any atom is 0.233 e. The summed E-state index contributed by atoms with van der Waals surface area (Å²) in [5, 5.41) is 8.62. The molecule has 1 unspecified atom stereocenters. The van der Waals surface area contributed by atoms with Crippen LogP contribution in [0.4, 0.5) is 0 Å². The van der Waals surface area contributed by atoms with Gasteiger partial charge >= 0.3 is 0 Å². The van der Waals surface area contributed by atoms with Crippen LogP contribution in [-0.2, 0) is 10.2 Å². The Morgan fingerprint density at radius 3 is 2.39 bits per heavy atom. The zero-order valence-corrected chi connectivity index (χ0v) is 15.9. The monoisotopic (exact) mass is 372 g/mol. The predicted molar refractivity (Wildman–Crippen MR) is 107 cm³/mol. The van der Waals surface area contributed by atoms with E-state index in [4.69, 9.17) is 0 Å². The molecule has 2 heterocycles. The van der Waals surface area contributed by atoms with Gasteiger partial charge in [0.25, 0.3) is 0 Å². The van der Waals surface area contributed by atoms with E-state index in [2.05, 4.69) is 27.2 Å².